The number of rotatable bonds is 5. The van der Waals surface area contributed by atoms with E-state index in [2.05, 4.69) is 59.1 Å². The van der Waals surface area contributed by atoms with Crippen LogP contribution in [-0.4, -0.2) is 24.5 Å². The molecule has 1 fully saturated rings. The van der Waals surface area contributed by atoms with Gasteiger partial charge >= 0.3 is 0 Å². The minimum atomic E-state index is 0.403. The maximum absolute atomic E-state index is 5.92. The lowest BCUT2D eigenvalue weighted by Gasteiger charge is -2.33. The Morgan fingerprint density at radius 3 is 2.59 bits per heavy atom. The summed E-state index contributed by atoms with van der Waals surface area (Å²) >= 11 is 3.63. The summed E-state index contributed by atoms with van der Waals surface area (Å²) in [5, 5.41) is 0. The SMILES string of the molecule is CC(c1ccccc1Br)N(C)C(CN)C1CC1. The van der Waals surface area contributed by atoms with Crippen molar-refractivity contribution in [2.24, 2.45) is 11.7 Å². The first-order valence-electron chi connectivity index (χ1n) is 6.31. The highest BCUT2D eigenvalue weighted by Gasteiger charge is 2.34. The zero-order valence-corrected chi connectivity index (χ0v) is 12.2. The number of hydrogen-bond acceptors (Lipinski definition) is 2. The molecule has 1 aromatic carbocycles. The third-order valence-electron chi connectivity index (χ3n) is 3.90. The van der Waals surface area contributed by atoms with Crippen molar-refractivity contribution in [1.82, 2.24) is 4.90 Å². The summed E-state index contributed by atoms with van der Waals surface area (Å²) in [6, 6.07) is 9.37. The normalized spacial score (nSPS) is 19.4. The Kier molecular flexibility index (Phi) is 4.23. The Balaban J connectivity index is 2.13. The molecule has 1 aliphatic carbocycles. The molecule has 1 aromatic rings. The predicted octanol–water partition coefficient (Wildman–Crippen LogP) is 3.18. The van der Waals surface area contributed by atoms with Gasteiger partial charge in [-0.25, -0.2) is 0 Å². The molecule has 94 valence electrons. The van der Waals surface area contributed by atoms with E-state index < -0.39 is 0 Å². The molecule has 0 radical (unpaired) electrons. The van der Waals surface area contributed by atoms with Gasteiger partial charge < -0.3 is 5.73 Å². The molecule has 0 aromatic heterocycles. The fourth-order valence-corrected chi connectivity index (χ4v) is 3.11. The monoisotopic (exact) mass is 296 g/mol. The minimum Gasteiger partial charge on any atom is -0.329 e. The molecule has 0 aliphatic heterocycles. The molecule has 2 nitrogen and oxygen atoms in total. The first-order valence-corrected chi connectivity index (χ1v) is 7.11. The van der Waals surface area contributed by atoms with Crippen LogP contribution in [0.2, 0.25) is 0 Å². The van der Waals surface area contributed by atoms with E-state index in [0.29, 0.717) is 12.1 Å². The Bertz CT molecular complexity index is 376. The quantitative estimate of drug-likeness (QED) is 0.904. The molecular formula is C14H21BrN2. The summed E-state index contributed by atoms with van der Waals surface area (Å²) in [5.41, 5.74) is 7.26. The molecule has 2 N–H and O–H groups in total. The average Bonchev–Trinajstić information content (AvgIpc) is 3.14. The first kappa shape index (κ1) is 13.1. The molecule has 17 heavy (non-hydrogen) atoms. The highest BCUT2D eigenvalue weighted by Crippen LogP contribution is 2.38. The van der Waals surface area contributed by atoms with Crippen LogP contribution in [0.1, 0.15) is 31.4 Å². The molecule has 0 heterocycles. The number of hydrogen-bond donors (Lipinski definition) is 1. The second kappa shape index (κ2) is 5.51. The van der Waals surface area contributed by atoms with Crippen LogP contribution in [0.3, 0.4) is 0 Å². The van der Waals surface area contributed by atoms with Crippen LogP contribution in [0.25, 0.3) is 0 Å². The molecule has 0 bridgehead atoms. The van der Waals surface area contributed by atoms with Gasteiger partial charge in [0.1, 0.15) is 0 Å². The lowest BCUT2D eigenvalue weighted by Crippen LogP contribution is -2.41. The van der Waals surface area contributed by atoms with Crippen molar-refractivity contribution in [2.75, 3.05) is 13.6 Å². The lowest BCUT2D eigenvalue weighted by molar-refractivity contribution is 0.170. The smallest absolute Gasteiger partial charge is 0.0331 e. The van der Waals surface area contributed by atoms with Gasteiger partial charge in [-0.15, -0.1) is 0 Å². The van der Waals surface area contributed by atoms with Crippen molar-refractivity contribution in [2.45, 2.75) is 31.8 Å². The van der Waals surface area contributed by atoms with E-state index in [4.69, 9.17) is 5.73 Å². The Morgan fingerprint density at radius 2 is 2.06 bits per heavy atom. The Hall–Kier alpha value is -0.380. The van der Waals surface area contributed by atoms with Crippen molar-refractivity contribution in [3.63, 3.8) is 0 Å². The van der Waals surface area contributed by atoms with Gasteiger partial charge in [-0.2, -0.15) is 0 Å². The van der Waals surface area contributed by atoms with Gasteiger partial charge in [-0.3, -0.25) is 4.90 Å². The molecule has 2 rings (SSSR count). The van der Waals surface area contributed by atoms with Crippen LogP contribution in [0.5, 0.6) is 0 Å². The summed E-state index contributed by atoms with van der Waals surface area (Å²) in [5.74, 6) is 0.815. The zero-order valence-electron chi connectivity index (χ0n) is 10.6. The van der Waals surface area contributed by atoms with E-state index in [-0.39, 0.29) is 0 Å². The van der Waals surface area contributed by atoms with E-state index in [1.807, 2.05) is 0 Å². The van der Waals surface area contributed by atoms with Crippen molar-refractivity contribution < 1.29 is 0 Å². The van der Waals surface area contributed by atoms with Crippen LogP contribution >= 0.6 is 15.9 Å². The lowest BCUT2D eigenvalue weighted by atomic mass is 10.0. The molecule has 0 amide bonds. The van der Waals surface area contributed by atoms with Crippen LogP contribution in [0.4, 0.5) is 0 Å². The number of likely N-dealkylation sites (N-methyl/N-ethyl adjacent to an activating group) is 1. The fraction of sp³-hybridized carbons (Fsp3) is 0.571. The van der Waals surface area contributed by atoms with E-state index in [0.717, 1.165) is 12.5 Å². The molecule has 3 heteroatoms. The van der Waals surface area contributed by atoms with E-state index in [1.54, 1.807) is 0 Å². The van der Waals surface area contributed by atoms with Crippen molar-refractivity contribution in [1.29, 1.82) is 0 Å². The second-order valence-corrected chi connectivity index (χ2v) is 5.86. The Labute approximate surface area is 112 Å². The standard InChI is InChI=1S/C14H21BrN2/c1-10(12-5-3-4-6-13(12)15)17(2)14(9-16)11-7-8-11/h3-6,10-11,14H,7-9,16H2,1-2H3. The van der Waals surface area contributed by atoms with Crippen molar-refractivity contribution in [3.8, 4) is 0 Å². The largest absolute Gasteiger partial charge is 0.329 e. The van der Waals surface area contributed by atoms with Gasteiger partial charge in [0, 0.05) is 23.1 Å². The number of benzene rings is 1. The topological polar surface area (TPSA) is 29.3 Å². The van der Waals surface area contributed by atoms with Crippen LogP contribution in [-0.2, 0) is 0 Å². The van der Waals surface area contributed by atoms with Crippen molar-refractivity contribution in [3.05, 3.63) is 34.3 Å². The van der Waals surface area contributed by atoms with Gasteiger partial charge in [0.05, 0.1) is 0 Å². The third-order valence-corrected chi connectivity index (χ3v) is 4.62. The van der Waals surface area contributed by atoms with Gasteiger partial charge in [0.2, 0.25) is 0 Å². The average molecular weight is 297 g/mol. The van der Waals surface area contributed by atoms with E-state index >= 15 is 0 Å². The number of halogens is 1. The third kappa shape index (κ3) is 2.90. The minimum absolute atomic E-state index is 0.403. The molecule has 0 spiro atoms. The van der Waals surface area contributed by atoms with Gasteiger partial charge in [-0.1, -0.05) is 34.1 Å². The van der Waals surface area contributed by atoms with Crippen LogP contribution in [0, 0.1) is 5.92 Å². The number of nitrogens with zero attached hydrogens (tertiary/aromatic N) is 1. The maximum atomic E-state index is 5.92. The highest BCUT2D eigenvalue weighted by atomic mass is 79.9. The molecule has 1 aliphatic rings. The summed E-state index contributed by atoms with van der Waals surface area (Å²) in [6.45, 7) is 3.01. The van der Waals surface area contributed by atoms with E-state index in [9.17, 15) is 0 Å². The molecule has 1 saturated carbocycles. The summed E-state index contributed by atoms with van der Waals surface area (Å²) < 4.78 is 1.19. The molecular weight excluding hydrogens is 276 g/mol. The van der Waals surface area contributed by atoms with Crippen LogP contribution in [0.15, 0.2) is 28.7 Å². The number of nitrogens with two attached hydrogens (primary N) is 1. The molecule has 0 saturated heterocycles. The Morgan fingerprint density at radius 1 is 1.41 bits per heavy atom. The summed E-state index contributed by atoms with van der Waals surface area (Å²) in [4.78, 5) is 2.43. The molecule has 2 atom stereocenters. The second-order valence-electron chi connectivity index (χ2n) is 5.00. The first-order chi connectivity index (χ1) is 8.15. The van der Waals surface area contributed by atoms with Gasteiger partial charge in [0.15, 0.2) is 0 Å². The zero-order chi connectivity index (χ0) is 12.4. The van der Waals surface area contributed by atoms with Gasteiger partial charge in [-0.05, 0) is 44.4 Å². The van der Waals surface area contributed by atoms with Crippen LogP contribution < -0.4 is 5.73 Å². The summed E-state index contributed by atoms with van der Waals surface area (Å²) in [7, 11) is 2.19. The highest BCUT2D eigenvalue weighted by molar-refractivity contribution is 9.10. The summed E-state index contributed by atoms with van der Waals surface area (Å²) in [6.07, 6.45) is 2.68. The predicted molar refractivity (Wildman–Crippen MR) is 75.9 cm³/mol. The van der Waals surface area contributed by atoms with E-state index in [1.165, 1.54) is 22.9 Å². The van der Waals surface area contributed by atoms with Crippen molar-refractivity contribution >= 4 is 15.9 Å². The van der Waals surface area contributed by atoms with Gasteiger partial charge in [0.25, 0.3) is 0 Å². The fourth-order valence-electron chi connectivity index (χ4n) is 2.49. The maximum Gasteiger partial charge on any atom is 0.0331 e. The molecule has 2 unspecified atom stereocenters.